The van der Waals surface area contributed by atoms with E-state index in [1.807, 2.05) is 0 Å². The monoisotopic (exact) mass is 789 g/mol. The Hall–Kier alpha value is -4.77. The van der Waals surface area contributed by atoms with Crippen molar-refractivity contribution in [2.45, 2.75) is 41.9 Å². The molecule has 2 saturated carbocycles. The Labute approximate surface area is 311 Å². The number of fused-ring (bicyclic) bond motifs is 9. The molecule has 4 aromatic rings. The predicted octanol–water partition coefficient (Wildman–Crippen LogP) is 7.57. The van der Waals surface area contributed by atoms with Crippen LogP contribution in [0.5, 0.6) is 11.5 Å². The van der Waals surface area contributed by atoms with Gasteiger partial charge < -0.3 is 19.8 Å². The Balaban J connectivity index is 1.09. The number of carbonyl (C=O) groups is 3. The van der Waals surface area contributed by atoms with Gasteiger partial charge in [0, 0.05) is 16.0 Å². The maximum atomic E-state index is 14.0. The van der Waals surface area contributed by atoms with Crippen molar-refractivity contribution in [3.05, 3.63) is 98.0 Å². The number of hydrogen-bond donors (Lipinski definition) is 2. The standard InChI is InChI=1S/C37H29F6N3O6S2/c1-2-51-24-12-16(10-11-23(24)52-15-25(47)44-22-9-4-3-8-21(22)37(41,42)43)26-27-19-14-20(30(27)53-32-31(26)54-35(50)45-32)29-28(19)33(48)46(34(29)49)18-7-5-6-17(13-18)36(38,39)40/h3-13,19-20,26-30H,2,14-15H2,1H3,(H,44,47)(H,45,50)/t19-,20-,26+,27-,28+,29+,30-/m1/s1. The second kappa shape index (κ2) is 13.2. The van der Waals surface area contributed by atoms with Crippen molar-refractivity contribution in [3.8, 4) is 11.5 Å². The molecule has 2 aliphatic heterocycles. The third-order valence-electron chi connectivity index (χ3n) is 10.6. The molecule has 0 radical (unpaired) electrons. The van der Waals surface area contributed by atoms with Gasteiger partial charge in [-0.25, -0.2) is 0 Å². The summed E-state index contributed by atoms with van der Waals surface area (Å²) in [7, 11) is 0. The van der Waals surface area contributed by atoms with Crippen molar-refractivity contribution in [1.82, 2.24) is 4.98 Å². The van der Waals surface area contributed by atoms with Crippen LogP contribution in [0.2, 0.25) is 0 Å². The Morgan fingerprint density at radius 1 is 0.889 bits per heavy atom. The molecule has 9 nitrogen and oxygen atoms in total. The van der Waals surface area contributed by atoms with E-state index in [4.69, 9.17) is 9.47 Å². The molecule has 3 heterocycles. The van der Waals surface area contributed by atoms with Crippen molar-refractivity contribution < 1.29 is 50.2 Å². The number of aromatic nitrogens is 1. The topological polar surface area (TPSA) is 118 Å². The zero-order valence-corrected chi connectivity index (χ0v) is 29.6. The van der Waals surface area contributed by atoms with Crippen LogP contribution in [0.3, 0.4) is 0 Å². The van der Waals surface area contributed by atoms with E-state index in [0.717, 1.165) is 45.4 Å². The van der Waals surface area contributed by atoms with Gasteiger partial charge in [0.05, 0.1) is 46.0 Å². The molecule has 2 aliphatic carbocycles. The van der Waals surface area contributed by atoms with E-state index in [2.05, 4.69) is 10.3 Å². The molecular formula is C37H29F6N3O6S2. The average molecular weight is 790 g/mol. The first-order valence-corrected chi connectivity index (χ1v) is 18.7. The number of para-hydroxylation sites is 1. The van der Waals surface area contributed by atoms with Gasteiger partial charge in [0.2, 0.25) is 11.8 Å². The quantitative estimate of drug-likeness (QED) is 0.140. The van der Waals surface area contributed by atoms with Gasteiger partial charge in [-0.05, 0) is 79.1 Å². The minimum absolute atomic E-state index is 0.126. The van der Waals surface area contributed by atoms with E-state index < -0.39 is 71.2 Å². The number of halogens is 6. The van der Waals surface area contributed by atoms with Gasteiger partial charge >= 0.3 is 17.2 Å². The van der Waals surface area contributed by atoms with Crippen LogP contribution >= 0.6 is 23.1 Å². The predicted molar refractivity (Wildman–Crippen MR) is 186 cm³/mol. The number of thiazole rings is 1. The number of aromatic amines is 1. The number of benzene rings is 3. The van der Waals surface area contributed by atoms with Gasteiger partial charge in [0.25, 0.3) is 5.91 Å². The van der Waals surface area contributed by atoms with Crippen LogP contribution in [0.25, 0.3) is 0 Å². The van der Waals surface area contributed by atoms with Gasteiger partial charge in [-0.1, -0.05) is 35.6 Å². The zero-order chi connectivity index (χ0) is 38.3. The number of amides is 3. The molecule has 1 aromatic heterocycles. The minimum Gasteiger partial charge on any atom is -0.490 e. The van der Waals surface area contributed by atoms with Crippen molar-refractivity contribution >= 4 is 52.2 Å². The molecular weight excluding hydrogens is 761 g/mol. The first kappa shape index (κ1) is 36.2. The fourth-order valence-electron chi connectivity index (χ4n) is 8.74. The van der Waals surface area contributed by atoms with Crippen molar-refractivity contribution in [1.29, 1.82) is 0 Å². The second-order valence-corrected chi connectivity index (χ2v) is 15.7. The Kier molecular flexibility index (Phi) is 8.86. The van der Waals surface area contributed by atoms with Gasteiger partial charge in [0.15, 0.2) is 18.1 Å². The number of H-pyrrole nitrogens is 1. The summed E-state index contributed by atoms with van der Waals surface area (Å²) < 4.78 is 92.7. The molecule has 2 N–H and O–H groups in total. The first-order chi connectivity index (χ1) is 25.7. The SMILES string of the molecule is CCOc1cc([C@@H]2c3sc(=O)[nH]c3S[C@@H]3[C@@H]4C[C@@H]([C@@H]5C(=O)N(c6cccc(C(F)(F)F)c6)C(=O)[C@@H]45)[C@H]23)ccc1OCC(=O)Nc1ccccc1C(F)(F)F. The average Bonchev–Trinajstić information content (AvgIpc) is 3.86. The highest BCUT2D eigenvalue weighted by Gasteiger charge is 2.69. The van der Waals surface area contributed by atoms with Gasteiger partial charge in [-0.3, -0.25) is 24.1 Å². The largest absolute Gasteiger partial charge is 0.490 e. The van der Waals surface area contributed by atoms with Crippen molar-refractivity contribution in [2.75, 3.05) is 23.4 Å². The van der Waals surface area contributed by atoms with Gasteiger partial charge in [-0.2, -0.15) is 26.3 Å². The molecule has 17 heteroatoms. The number of carbonyl (C=O) groups excluding carboxylic acids is 3. The van der Waals surface area contributed by atoms with Crippen LogP contribution in [-0.4, -0.2) is 41.2 Å². The van der Waals surface area contributed by atoms with Gasteiger partial charge in [0.1, 0.15) is 0 Å². The Morgan fingerprint density at radius 2 is 1.63 bits per heavy atom. The fourth-order valence-corrected chi connectivity index (χ4v) is 11.6. The molecule has 3 amide bonds. The van der Waals surface area contributed by atoms with Crippen LogP contribution in [0.1, 0.15) is 40.8 Å². The summed E-state index contributed by atoms with van der Waals surface area (Å²) in [4.78, 5) is 57.6. The van der Waals surface area contributed by atoms with Crippen molar-refractivity contribution in [2.24, 2.45) is 29.6 Å². The number of hydrogen-bond acceptors (Lipinski definition) is 8. The van der Waals surface area contributed by atoms with E-state index in [-0.39, 0.29) is 51.7 Å². The van der Waals surface area contributed by atoms with E-state index in [1.165, 1.54) is 36.0 Å². The Morgan fingerprint density at radius 3 is 2.35 bits per heavy atom. The molecule has 3 fully saturated rings. The van der Waals surface area contributed by atoms with E-state index in [0.29, 0.717) is 17.0 Å². The van der Waals surface area contributed by atoms with Crippen molar-refractivity contribution in [3.63, 3.8) is 0 Å². The summed E-state index contributed by atoms with van der Waals surface area (Å²) in [6, 6.07) is 13.8. The number of thioether (sulfide) groups is 1. The molecule has 282 valence electrons. The fraction of sp³-hybridized carbons (Fsp3) is 0.351. The highest BCUT2D eigenvalue weighted by molar-refractivity contribution is 8.00. The van der Waals surface area contributed by atoms with Crippen LogP contribution in [0.15, 0.2) is 76.6 Å². The lowest BCUT2D eigenvalue weighted by Gasteiger charge is -2.43. The molecule has 1 saturated heterocycles. The molecule has 8 rings (SSSR count). The number of nitrogens with one attached hydrogen (secondary N) is 2. The summed E-state index contributed by atoms with van der Waals surface area (Å²) in [5.74, 6) is -4.27. The lowest BCUT2D eigenvalue weighted by Crippen LogP contribution is -2.42. The molecule has 3 aromatic carbocycles. The number of ether oxygens (including phenoxy) is 2. The zero-order valence-electron chi connectivity index (χ0n) is 28.0. The maximum absolute atomic E-state index is 14.0. The number of rotatable bonds is 8. The summed E-state index contributed by atoms with van der Waals surface area (Å²) >= 11 is 2.48. The molecule has 0 spiro atoms. The maximum Gasteiger partial charge on any atom is 0.418 e. The molecule has 0 unspecified atom stereocenters. The van der Waals surface area contributed by atoms with E-state index in [9.17, 15) is 45.5 Å². The molecule has 54 heavy (non-hydrogen) atoms. The molecule has 7 atom stereocenters. The van der Waals surface area contributed by atoms with Gasteiger partial charge in [-0.15, -0.1) is 11.8 Å². The number of nitrogens with zero attached hydrogens (tertiary/aromatic N) is 1. The molecule has 2 bridgehead atoms. The van der Waals surface area contributed by atoms with E-state index >= 15 is 0 Å². The summed E-state index contributed by atoms with van der Waals surface area (Å²) in [6.45, 7) is 1.29. The van der Waals surface area contributed by atoms with E-state index in [1.54, 1.807) is 25.1 Å². The minimum atomic E-state index is -4.69. The Bertz CT molecular complexity index is 2240. The smallest absolute Gasteiger partial charge is 0.418 e. The number of anilines is 2. The normalized spacial score (nSPS) is 25.7. The summed E-state index contributed by atoms with van der Waals surface area (Å²) in [6.07, 6.45) is -8.80. The highest BCUT2D eigenvalue weighted by Crippen LogP contribution is 2.69. The van der Waals surface area contributed by atoms with Crippen LogP contribution < -0.4 is 24.6 Å². The van der Waals surface area contributed by atoms with Crippen LogP contribution in [0.4, 0.5) is 37.7 Å². The third-order valence-corrected chi connectivity index (χ3v) is 13.2. The second-order valence-electron chi connectivity index (χ2n) is 13.5. The van der Waals surface area contributed by atoms with Crippen LogP contribution in [0, 0.1) is 29.6 Å². The first-order valence-electron chi connectivity index (χ1n) is 17.0. The molecule has 4 aliphatic rings. The van der Waals surface area contributed by atoms with Crippen LogP contribution in [-0.2, 0) is 26.7 Å². The number of alkyl halides is 6. The lowest BCUT2D eigenvalue weighted by molar-refractivity contribution is -0.138. The number of imide groups is 1. The third kappa shape index (κ3) is 6.04. The lowest BCUT2D eigenvalue weighted by atomic mass is 9.68. The summed E-state index contributed by atoms with van der Waals surface area (Å²) in [5.41, 5.74) is -1.81. The highest BCUT2D eigenvalue weighted by atomic mass is 32.2. The summed E-state index contributed by atoms with van der Waals surface area (Å²) in [5, 5.41) is 2.68.